The van der Waals surface area contributed by atoms with Crippen molar-refractivity contribution in [2.24, 2.45) is 14.1 Å². The Bertz CT molecular complexity index is 772. The quantitative estimate of drug-likeness (QED) is 0.667. The maximum Gasteiger partial charge on any atom is 0.332 e. The summed E-state index contributed by atoms with van der Waals surface area (Å²) in [7, 11) is 3.42. The Balaban J connectivity index is 1.88. The fourth-order valence-electron chi connectivity index (χ4n) is 3.04. The third-order valence-corrected chi connectivity index (χ3v) is 4.49. The molecule has 0 aliphatic carbocycles. The molecule has 0 aliphatic rings. The number of aliphatic hydroxyl groups excluding tert-OH is 1. The molecule has 0 amide bonds. The first-order valence-electron chi connectivity index (χ1n) is 8.79. The summed E-state index contributed by atoms with van der Waals surface area (Å²) >= 11 is 0. The van der Waals surface area contributed by atoms with Crippen LogP contribution in [0.2, 0.25) is 0 Å². The maximum absolute atomic E-state index is 12.5. The first-order valence-corrected chi connectivity index (χ1v) is 8.79. The molecule has 0 saturated heterocycles. The van der Waals surface area contributed by atoms with Crippen molar-refractivity contribution in [1.82, 2.24) is 18.7 Å². The normalized spacial score (nSPS) is 11.5. The number of aryl methyl sites for hydroxylation is 2. The molecule has 2 rings (SSSR count). The average Bonchev–Trinajstić information content (AvgIpc) is 2.96. The Morgan fingerprint density at radius 2 is 1.54 bits per heavy atom. The predicted molar refractivity (Wildman–Crippen MR) is 94.2 cm³/mol. The van der Waals surface area contributed by atoms with E-state index in [4.69, 9.17) is 5.11 Å². The van der Waals surface area contributed by atoms with Gasteiger partial charge in [-0.3, -0.25) is 13.9 Å². The molecule has 0 bridgehead atoms. The molecule has 0 spiro atoms. The van der Waals surface area contributed by atoms with E-state index in [2.05, 4.69) is 4.98 Å². The van der Waals surface area contributed by atoms with E-state index in [0.717, 1.165) is 38.5 Å². The number of fused-ring (bicyclic) bond motifs is 1. The van der Waals surface area contributed by atoms with E-state index in [0.29, 0.717) is 17.7 Å². The molecule has 2 aromatic rings. The molecule has 0 atom stereocenters. The fourth-order valence-corrected chi connectivity index (χ4v) is 3.04. The van der Waals surface area contributed by atoms with Gasteiger partial charge in [-0.2, -0.15) is 0 Å². The van der Waals surface area contributed by atoms with Gasteiger partial charge in [-0.15, -0.1) is 0 Å². The SMILES string of the molecule is Cn1cnc2c1c(=O)n(CCCCCCCCCCO)c(=O)n2C. The standard InChI is InChI=1S/C17H28N4O3/c1-19-13-18-15-14(19)16(23)21(17(24)20(15)2)11-9-7-5-3-4-6-8-10-12-22/h13,22H,3-12H2,1-2H3. The first kappa shape index (κ1) is 18.4. The molecule has 24 heavy (non-hydrogen) atoms. The van der Waals surface area contributed by atoms with E-state index in [1.807, 2.05) is 0 Å². The Kier molecular flexibility index (Phi) is 6.78. The molecule has 0 radical (unpaired) electrons. The summed E-state index contributed by atoms with van der Waals surface area (Å²) < 4.78 is 4.43. The van der Waals surface area contributed by atoms with Crippen LogP contribution in [-0.4, -0.2) is 30.4 Å². The molecule has 0 aliphatic heterocycles. The van der Waals surface area contributed by atoms with Gasteiger partial charge in [0.1, 0.15) is 0 Å². The topological polar surface area (TPSA) is 82.1 Å². The van der Waals surface area contributed by atoms with Crippen molar-refractivity contribution in [2.75, 3.05) is 6.61 Å². The van der Waals surface area contributed by atoms with Gasteiger partial charge in [-0.05, 0) is 12.8 Å². The number of nitrogens with zero attached hydrogens (tertiary/aromatic N) is 4. The van der Waals surface area contributed by atoms with Gasteiger partial charge in [-0.1, -0.05) is 38.5 Å². The molecule has 0 saturated carbocycles. The summed E-state index contributed by atoms with van der Waals surface area (Å²) in [4.78, 5) is 29.0. The van der Waals surface area contributed by atoms with Crippen LogP contribution in [0.3, 0.4) is 0 Å². The van der Waals surface area contributed by atoms with Crippen LogP contribution >= 0.6 is 0 Å². The van der Waals surface area contributed by atoms with E-state index in [9.17, 15) is 9.59 Å². The molecule has 2 aromatic heterocycles. The number of hydrogen-bond donors (Lipinski definition) is 1. The average molecular weight is 336 g/mol. The van der Waals surface area contributed by atoms with E-state index < -0.39 is 0 Å². The molecular weight excluding hydrogens is 308 g/mol. The van der Waals surface area contributed by atoms with Crippen molar-refractivity contribution in [3.8, 4) is 0 Å². The minimum atomic E-state index is -0.296. The first-order chi connectivity index (χ1) is 11.6. The van der Waals surface area contributed by atoms with Crippen molar-refractivity contribution in [1.29, 1.82) is 0 Å². The molecule has 7 heteroatoms. The summed E-state index contributed by atoms with van der Waals surface area (Å²) in [6, 6.07) is 0. The maximum atomic E-state index is 12.5. The third-order valence-electron chi connectivity index (χ3n) is 4.49. The molecule has 134 valence electrons. The third kappa shape index (κ3) is 4.14. The van der Waals surface area contributed by atoms with Crippen molar-refractivity contribution in [3.05, 3.63) is 27.2 Å². The molecule has 0 fully saturated rings. The number of rotatable bonds is 10. The smallest absolute Gasteiger partial charge is 0.332 e. The minimum Gasteiger partial charge on any atom is -0.396 e. The lowest BCUT2D eigenvalue weighted by molar-refractivity contribution is 0.282. The van der Waals surface area contributed by atoms with E-state index in [1.165, 1.54) is 22.0 Å². The van der Waals surface area contributed by atoms with E-state index >= 15 is 0 Å². The van der Waals surface area contributed by atoms with Gasteiger partial charge in [0.15, 0.2) is 11.2 Å². The molecule has 0 aromatic carbocycles. The highest BCUT2D eigenvalue weighted by atomic mass is 16.3. The summed E-state index contributed by atoms with van der Waals surface area (Å²) in [6.45, 7) is 0.738. The van der Waals surface area contributed by atoms with Crippen LogP contribution in [0.25, 0.3) is 11.2 Å². The highest BCUT2D eigenvalue weighted by Crippen LogP contribution is 2.09. The predicted octanol–water partition coefficient (Wildman–Crippen LogP) is 1.55. The largest absolute Gasteiger partial charge is 0.396 e. The minimum absolute atomic E-state index is 0.253. The van der Waals surface area contributed by atoms with Gasteiger partial charge in [0, 0.05) is 27.2 Å². The number of aromatic nitrogens is 4. The van der Waals surface area contributed by atoms with Gasteiger partial charge >= 0.3 is 5.69 Å². The molecule has 7 nitrogen and oxygen atoms in total. The van der Waals surface area contributed by atoms with Crippen molar-refractivity contribution < 1.29 is 5.11 Å². The molecule has 0 unspecified atom stereocenters. The second kappa shape index (κ2) is 8.82. The lowest BCUT2D eigenvalue weighted by Gasteiger charge is -2.08. The number of hydrogen-bond acceptors (Lipinski definition) is 4. The highest BCUT2D eigenvalue weighted by Gasteiger charge is 2.14. The Labute approximate surface area is 141 Å². The lowest BCUT2D eigenvalue weighted by atomic mass is 10.1. The second-order valence-electron chi connectivity index (χ2n) is 6.38. The molecular formula is C17H28N4O3. The van der Waals surface area contributed by atoms with Gasteiger partial charge in [0.2, 0.25) is 0 Å². The van der Waals surface area contributed by atoms with Gasteiger partial charge in [-0.25, -0.2) is 9.78 Å². The lowest BCUT2D eigenvalue weighted by Crippen LogP contribution is -2.39. The van der Waals surface area contributed by atoms with Crippen LogP contribution in [0.4, 0.5) is 0 Å². The zero-order valence-corrected chi connectivity index (χ0v) is 14.7. The van der Waals surface area contributed by atoms with Crippen molar-refractivity contribution in [3.63, 3.8) is 0 Å². The van der Waals surface area contributed by atoms with Crippen LogP contribution in [0.15, 0.2) is 15.9 Å². The zero-order chi connectivity index (χ0) is 17.5. The Morgan fingerprint density at radius 3 is 2.17 bits per heavy atom. The summed E-state index contributed by atoms with van der Waals surface area (Å²) in [5.74, 6) is 0. The van der Waals surface area contributed by atoms with E-state index in [1.54, 1.807) is 25.0 Å². The van der Waals surface area contributed by atoms with E-state index in [-0.39, 0.29) is 17.9 Å². The molecule has 1 N–H and O–H groups in total. The fraction of sp³-hybridized carbons (Fsp3) is 0.706. The summed E-state index contributed by atoms with van der Waals surface area (Å²) in [5, 5.41) is 8.72. The summed E-state index contributed by atoms with van der Waals surface area (Å²) in [5.41, 5.74) is 0.361. The van der Waals surface area contributed by atoms with Crippen LogP contribution in [0, 0.1) is 0 Å². The highest BCUT2D eigenvalue weighted by molar-refractivity contribution is 5.69. The number of unbranched alkanes of at least 4 members (excludes halogenated alkanes) is 7. The van der Waals surface area contributed by atoms with Crippen LogP contribution in [-0.2, 0) is 20.6 Å². The van der Waals surface area contributed by atoms with Gasteiger partial charge in [0.25, 0.3) is 5.56 Å². The van der Waals surface area contributed by atoms with Crippen LogP contribution < -0.4 is 11.2 Å². The monoisotopic (exact) mass is 336 g/mol. The van der Waals surface area contributed by atoms with Crippen LogP contribution in [0.1, 0.15) is 51.4 Å². The summed E-state index contributed by atoms with van der Waals surface area (Å²) in [6.07, 6.45) is 10.0. The number of imidazole rings is 1. The van der Waals surface area contributed by atoms with Crippen LogP contribution in [0.5, 0.6) is 0 Å². The Hall–Kier alpha value is -1.89. The zero-order valence-electron chi connectivity index (χ0n) is 14.7. The number of aliphatic hydroxyl groups is 1. The van der Waals surface area contributed by atoms with Crippen molar-refractivity contribution in [2.45, 2.75) is 57.9 Å². The van der Waals surface area contributed by atoms with Crippen molar-refractivity contribution >= 4 is 11.2 Å². The molecule has 2 heterocycles. The van der Waals surface area contributed by atoms with Gasteiger partial charge in [0.05, 0.1) is 6.33 Å². The second-order valence-corrected chi connectivity index (χ2v) is 6.38. The van der Waals surface area contributed by atoms with Gasteiger partial charge < -0.3 is 9.67 Å². The Morgan fingerprint density at radius 1 is 0.958 bits per heavy atom.